The van der Waals surface area contributed by atoms with Crippen LogP contribution in [0.5, 0.6) is 0 Å². The zero-order valence-corrected chi connectivity index (χ0v) is 25.0. The topological polar surface area (TPSA) is 146 Å². The number of anilines is 1. The van der Waals surface area contributed by atoms with Gasteiger partial charge in [-0.05, 0) is 70.4 Å². The lowest BCUT2D eigenvalue weighted by Crippen LogP contribution is -2.29. The zero-order valence-electron chi connectivity index (χ0n) is 24.2. The number of ether oxygens (including phenoxy) is 2. The highest BCUT2D eigenvalue weighted by Gasteiger charge is 2.18. The number of aromatic nitrogens is 6. The van der Waals surface area contributed by atoms with Gasteiger partial charge in [0, 0.05) is 35.0 Å². The molecule has 0 saturated carbocycles. The van der Waals surface area contributed by atoms with Crippen LogP contribution in [0.4, 0.5) is 10.5 Å². The largest absolute Gasteiger partial charge is 0.447 e. The fourth-order valence-electron chi connectivity index (χ4n) is 4.43. The van der Waals surface area contributed by atoms with Crippen LogP contribution in [0, 0.1) is 0 Å². The quantitative estimate of drug-likeness (QED) is 0.143. The van der Waals surface area contributed by atoms with Gasteiger partial charge < -0.3 is 14.8 Å². The van der Waals surface area contributed by atoms with Crippen molar-refractivity contribution in [1.29, 1.82) is 0 Å². The van der Waals surface area contributed by atoms with Crippen molar-refractivity contribution in [3.8, 4) is 16.8 Å². The number of methoxy groups -OCH3 is 1. The second-order valence-corrected chi connectivity index (χ2v) is 10.2. The van der Waals surface area contributed by atoms with E-state index in [1.807, 2.05) is 48.5 Å². The van der Waals surface area contributed by atoms with Gasteiger partial charge in [-0.2, -0.15) is 14.9 Å². The summed E-state index contributed by atoms with van der Waals surface area (Å²) in [5.74, 6) is -0.335. The lowest BCUT2D eigenvalue weighted by atomic mass is 10.00. The molecule has 0 bridgehead atoms. The van der Waals surface area contributed by atoms with Crippen molar-refractivity contribution in [3.05, 3.63) is 119 Å². The fourth-order valence-corrected chi connectivity index (χ4v) is 4.61. The molecule has 2 amide bonds. The Labute approximate surface area is 264 Å². The number of nitrogens with zero attached hydrogens (tertiary/aromatic N) is 6. The molecular weight excluding hydrogens is 596 g/mol. The van der Waals surface area contributed by atoms with Crippen LogP contribution in [0.15, 0.2) is 97.5 Å². The summed E-state index contributed by atoms with van der Waals surface area (Å²) in [7, 11) is 1.53. The first-order chi connectivity index (χ1) is 22.0. The lowest BCUT2D eigenvalue weighted by molar-refractivity contribution is -0.117. The van der Waals surface area contributed by atoms with E-state index in [2.05, 4.69) is 36.4 Å². The summed E-state index contributed by atoms with van der Waals surface area (Å²) < 4.78 is 11.4. The molecule has 12 nitrogen and oxygen atoms in total. The van der Waals surface area contributed by atoms with E-state index >= 15 is 0 Å². The molecule has 0 radical (unpaired) electrons. The Kier molecular flexibility index (Phi) is 10.5. The van der Waals surface area contributed by atoms with Crippen LogP contribution in [0.25, 0.3) is 22.9 Å². The predicted molar refractivity (Wildman–Crippen MR) is 169 cm³/mol. The summed E-state index contributed by atoms with van der Waals surface area (Å²) in [6.45, 7) is 0.473. The molecule has 5 rings (SSSR count). The number of tetrazole rings is 1. The number of halogens is 1. The van der Waals surface area contributed by atoms with Gasteiger partial charge in [0.25, 0.3) is 0 Å². The van der Waals surface area contributed by atoms with Crippen LogP contribution in [0.2, 0.25) is 5.02 Å². The van der Waals surface area contributed by atoms with Crippen LogP contribution >= 0.6 is 11.6 Å². The molecule has 0 fully saturated rings. The molecule has 5 aromatic rings. The third-order valence-electron chi connectivity index (χ3n) is 6.61. The van der Waals surface area contributed by atoms with Gasteiger partial charge in [0.1, 0.15) is 12.9 Å². The van der Waals surface area contributed by atoms with Crippen LogP contribution < -0.4 is 10.6 Å². The number of amides is 2. The summed E-state index contributed by atoms with van der Waals surface area (Å²) >= 11 is 6.23. The van der Waals surface area contributed by atoms with Crippen molar-refractivity contribution in [2.75, 3.05) is 25.6 Å². The maximum Gasteiger partial charge on any atom is 0.411 e. The molecule has 1 unspecified atom stereocenters. The molecule has 0 aliphatic rings. The normalized spacial score (nSPS) is 11.7. The van der Waals surface area contributed by atoms with Crippen LogP contribution in [0.1, 0.15) is 22.9 Å². The van der Waals surface area contributed by atoms with E-state index in [0.717, 1.165) is 16.7 Å². The number of hydrogen-bond acceptors (Lipinski definition) is 9. The molecule has 2 heterocycles. The summed E-state index contributed by atoms with van der Waals surface area (Å²) in [5.41, 5.74) is 5.14. The Balaban J connectivity index is 1.34. The lowest BCUT2D eigenvalue weighted by Gasteiger charge is -2.18. The van der Waals surface area contributed by atoms with Crippen molar-refractivity contribution in [2.24, 2.45) is 0 Å². The minimum atomic E-state index is -0.566. The second-order valence-electron chi connectivity index (χ2n) is 9.74. The molecule has 45 heavy (non-hydrogen) atoms. The highest BCUT2D eigenvalue weighted by atomic mass is 35.5. The molecule has 2 N–H and O–H groups in total. The van der Waals surface area contributed by atoms with Crippen LogP contribution in [-0.2, 0) is 20.7 Å². The average Bonchev–Trinajstić information content (AvgIpc) is 3.60. The van der Waals surface area contributed by atoms with E-state index in [1.54, 1.807) is 42.6 Å². The molecule has 0 aliphatic carbocycles. The first kappa shape index (κ1) is 31.0. The van der Waals surface area contributed by atoms with Crippen LogP contribution in [0.3, 0.4) is 0 Å². The summed E-state index contributed by atoms with van der Waals surface area (Å²) in [6, 6.07) is 23.7. The van der Waals surface area contributed by atoms with E-state index in [9.17, 15) is 9.59 Å². The number of benzene rings is 3. The maximum absolute atomic E-state index is 13.3. The Bertz CT molecular complexity index is 1750. The van der Waals surface area contributed by atoms with Gasteiger partial charge in [0.15, 0.2) is 0 Å². The van der Waals surface area contributed by atoms with Gasteiger partial charge in [0.2, 0.25) is 5.91 Å². The van der Waals surface area contributed by atoms with E-state index in [1.165, 1.54) is 24.2 Å². The van der Waals surface area contributed by atoms with Gasteiger partial charge >= 0.3 is 6.09 Å². The molecular formula is C32H29ClN8O4. The van der Waals surface area contributed by atoms with E-state index in [-0.39, 0.29) is 12.5 Å². The van der Waals surface area contributed by atoms with Gasteiger partial charge in [-0.15, -0.1) is 5.10 Å². The molecule has 13 heteroatoms. The molecule has 0 aliphatic heterocycles. The smallest absolute Gasteiger partial charge is 0.411 e. The zero-order chi connectivity index (χ0) is 31.4. The number of carbonyl (C=O) groups excluding carboxylic acids is 2. The highest BCUT2D eigenvalue weighted by Crippen LogP contribution is 2.25. The molecule has 228 valence electrons. The van der Waals surface area contributed by atoms with Gasteiger partial charge in [-0.1, -0.05) is 54.1 Å². The first-order valence-corrected chi connectivity index (χ1v) is 14.3. The van der Waals surface area contributed by atoms with Crippen molar-refractivity contribution < 1.29 is 19.1 Å². The summed E-state index contributed by atoms with van der Waals surface area (Å²) in [5, 5.41) is 26.2. The fraction of sp³-hybridized carbons (Fsp3) is 0.156. The monoisotopic (exact) mass is 624 g/mol. The molecule has 3 aromatic carbocycles. The SMILES string of the molecule is COCCOC(=O)Nc1ccc(-c2cnnc(C(Cc3ccccc3)NC(=O)/C=C/c3cc(Cl)ccc3-n3cnnn3)c2)cc1. The Morgan fingerprint density at radius 3 is 2.56 bits per heavy atom. The van der Waals surface area contributed by atoms with E-state index in [0.29, 0.717) is 40.7 Å². The standard InChI is InChI=1S/C32H29ClN8O4/c1-44-15-16-45-32(43)36-27-11-7-23(8-12-27)25-19-29(38-34-20-25)28(17-22-5-3-2-4-6-22)37-31(42)14-9-24-18-26(33)10-13-30(24)41-21-35-39-40-41/h2-14,18-21,28H,15-17H2,1H3,(H,36,43)(H,37,42)/b14-9+. The van der Waals surface area contributed by atoms with E-state index in [4.69, 9.17) is 21.1 Å². The highest BCUT2D eigenvalue weighted by molar-refractivity contribution is 6.30. The van der Waals surface area contributed by atoms with Crippen molar-refractivity contribution in [3.63, 3.8) is 0 Å². The first-order valence-electron chi connectivity index (χ1n) is 13.9. The van der Waals surface area contributed by atoms with Crippen molar-refractivity contribution >= 4 is 35.4 Å². The number of hydrogen-bond donors (Lipinski definition) is 2. The van der Waals surface area contributed by atoms with Crippen molar-refractivity contribution in [1.82, 2.24) is 35.7 Å². The maximum atomic E-state index is 13.3. The van der Waals surface area contributed by atoms with Gasteiger partial charge in [0.05, 0.1) is 30.2 Å². The summed E-state index contributed by atoms with van der Waals surface area (Å²) in [6.07, 6.45) is 6.11. The predicted octanol–water partition coefficient (Wildman–Crippen LogP) is 5.08. The Hall–Kier alpha value is -5.46. The van der Waals surface area contributed by atoms with E-state index < -0.39 is 12.1 Å². The van der Waals surface area contributed by atoms with Crippen molar-refractivity contribution in [2.45, 2.75) is 12.5 Å². The number of nitrogens with one attached hydrogen (secondary N) is 2. The van der Waals surface area contributed by atoms with Crippen LogP contribution in [-0.4, -0.2) is 62.7 Å². The minimum Gasteiger partial charge on any atom is -0.447 e. The third-order valence-corrected chi connectivity index (χ3v) is 6.85. The number of rotatable bonds is 12. The number of carbonyl (C=O) groups is 2. The molecule has 0 spiro atoms. The molecule has 0 saturated heterocycles. The Morgan fingerprint density at radius 2 is 1.80 bits per heavy atom. The average molecular weight is 625 g/mol. The van der Waals surface area contributed by atoms with Gasteiger partial charge in [-0.25, -0.2) is 4.79 Å². The Morgan fingerprint density at radius 1 is 0.978 bits per heavy atom. The second kappa shape index (κ2) is 15.3. The summed E-state index contributed by atoms with van der Waals surface area (Å²) in [4.78, 5) is 25.2. The molecule has 1 atom stereocenters. The minimum absolute atomic E-state index is 0.157. The molecule has 2 aromatic heterocycles. The third kappa shape index (κ3) is 8.78. The van der Waals surface area contributed by atoms with Gasteiger partial charge in [-0.3, -0.25) is 10.1 Å².